The van der Waals surface area contributed by atoms with Crippen LogP contribution in [0.3, 0.4) is 0 Å². The SMILES string of the molecule is Cn1[nH]c(C2CCCCN2S(=O)(=O)c2ccc(F)c(F)c2)cc1=O. The molecule has 6 nitrogen and oxygen atoms in total. The standard InChI is InChI=1S/C15H17F2N3O3S/c1-19-15(21)9-13(18-19)14-4-2-3-7-20(14)24(22,23)10-5-6-11(16)12(17)8-10/h5-6,8-9,14,18H,2-4,7H2,1H3. The lowest BCUT2D eigenvalue weighted by Gasteiger charge is -2.34. The summed E-state index contributed by atoms with van der Waals surface area (Å²) < 4.78 is 54.8. The van der Waals surface area contributed by atoms with Crippen LogP contribution in [-0.4, -0.2) is 29.0 Å². The van der Waals surface area contributed by atoms with Gasteiger partial charge in [0.1, 0.15) is 0 Å². The number of H-pyrrole nitrogens is 1. The second-order valence-electron chi connectivity index (χ2n) is 5.81. The van der Waals surface area contributed by atoms with Gasteiger partial charge >= 0.3 is 0 Å². The summed E-state index contributed by atoms with van der Waals surface area (Å²) in [5.41, 5.74) is 0.231. The molecule has 0 amide bonds. The molecule has 0 aliphatic carbocycles. The number of piperidine rings is 1. The van der Waals surface area contributed by atoms with Crippen molar-refractivity contribution in [3.8, 4) is 0 Å². The Morgan fingerprint density at radius 1 is 1.17 bits per heavy atom. The first-order valence-corrected chi connectivity index (χ1v) is 8.97. The fourth-order valence-corrected chi connectivity index (χ4v) is 4.64. The Morgan fingerprint density at radius 2 is 1.92 bits per heavy atom. The van der Waals surface area contributed by atoms with Crippen LogP contribution in [0, 0.1) is 11.6 Å². The van der Waals surface area contributed by atoms with E-state index in [1.165, 1.54) is 15.1 Å². The Bertz CT molecular complexity index is 920. The normalized spacial score (nSPS) is 19.5. The topological polar surface area (TPSA) is 75.2 Å². The predicted molar refractivity (Wildman–Crippen MR) is 82.9 cm³/mol. The minimum absolute atomic E-state index is 0.253. The molecule has 1 aromatic heterocycles. The van der Waals surface area contributed by atoms with Crippen LogP contribution in [-0.2, 0) is 17.1 Å². The molecule has 130 valence electrons. The summed E-state index contributed by atoms with van der Waals surface area (Å²) >= 11 is 0. The third-order valence-electron chi connectivity index (χ3n) is 4.22. The summed E-state index contributed by atoms with van der Waals surface area (Å²) in [6, 6.07) is 3.36. The van der Waals surface area contributed by atoms with Crippen molar-refractivity contribution in [1.82, 2.24) is 14.1 Å². The minimum atomic E-state index is -4.01. The first-order chi connectivity index (χ1) is 11.3. The third-order valence-corrected chi connectivity index (χ3v) is 6.12. The summed E-state index contributed by atoms with van der Waals surface area (Å²) in [7, 11) is -2.46. The van der Waals surface area contributed by atoms with Crippen molar-refractivity contribution in [2.24, 2.45) is 7.05 Å². The Labute approximate surface area is 137 Å². The van der Waals surface area contributed by atoms with Crippen LogP contribution in [0.25, 0.3) is 0 Å². The molecule has 1 N–H and O–H groups in total. The first-order valence-electron chi connectivity index (χ1n) is 7.53. The molecule has 0 spiro atoms. The highest BCUT2D eigenvalue weighted by atomic mass is 32.2. The molecule has 1 aliphatic heterocycles. The van der Waals surface area contributed by atoms with E-state index in [0.29, 0.717) is 24.6 Å². The van der Waals surface area contributed by atoms with Gasteiger partial charge < -0.3 is 0 Å². The highest BCUT2D eigenvalue weighted by Gasteiger charge is 2.35. The maximum Gasteiger partial charge on any atom is 0.266 e. The third kappa shape index (κ3) is 2.89. The lowest BCUT2D eigenvalue weighted by molar-refractivity contribution is 0.250. The molecule has 1 fully saturated rings. The van der Waals surface area contributed by atoms with Gasteiger partial charge in [0.2, 0.25) is 10.0 Å². The number of benzene rings is 1. The molecule has 3 rings (SSSR count). The average molecular weight is 357 g/mol. The second kappa shape index (κ2) is 6.14. The van der Waals surface area contributed by atoms with Crippen molar-refractivity contribution in [3.05, 3.63) is 51.9 Å². The molecule has 0 radical (unpaired) electrons. The molecule has 0 saturated carbocycles. The number of aromatic amines is 1. The summed E-state index contributed by atoms with van der Waals surface area (Å²) in [6.07, 6.45) is 2.02. The summed E-state index contributed by atoms with van der Waals surface area (Å²) in [5, 5.41) is 2.85. The zero-order chi connectivity index (χ0) is 17.5. The van der Waals surface area contributed by atoms with E-state index in [1.54, 1.807) is 7.05 Å². The largest absolute Gasteiger partial charge is 0.298 e. The molecule has 1 aliphatic rings. The average Bonchev–Trinajstić information content (AvgIpc) is 2.89. The van der Waals surface area contributed by atoms with Gasteiger partial charge in [0.05, 0.1) is 16.6 Å². The van der Waals surface area contributed by atoms with Gasteiger partial charge in [0, 0.05) is 19.7 Å². The molecule has 9 heteroatoms. The fraction of sp³-hybridized carbons (Fsp3) is 0.400. The van der Waals surface area contributed by atoms with Crippen LogP contribution >= 0.6 is 0 Å². The highest BCUT2D eigenvalue weighted by Crippen LogP contribution is 2.34. The molecule has 1 unspecified atom stereocenters. The summed E-state index contributed by atoms with van der Waals surface area (Å²) in [5.74, 6) is -2.31. The monoisotopic (exact) mass is 357 g/mol. The first kappa shape index (κ1) is 16.8. The van der Waals surface area contributed by atoms with E-state index >= 15 is 0 Å². The van der Waals surface area contributed by atoms with Gasteiger partial charge in [-0.2, -0.15) is 4.31 Å². The molecule has 1 aromatic carbocycles. The van der Waals surface area contributed by atoms with Crippen molar-refractivity contribution in [1.29, 1.82) is 0 Å². The van der Waals surface area contributed by atoms with Crippen LogP contribution in [0.5, 0.6) is 0 Å². The maximum atomic E-state index is 13.4. The number of rotatable bonds is 3. The van der Waals surface area contributed by atoms with Crippen molar-refractivity contribution < 1.29 is 17.2 Å². The van der Waals surface area contributed by atoms with E-state index in [2.05, 4.69) is 5.10 Å². The zero-order valence-corrected chi connectivity index (χ0v) is 13.8. The van der Waals surface area contributed by atoms with Gasteiger partial charge in [0.15, 0.2) is 11.6 Å². The Balaban J connectivity index is 2.03. The number of nitrogens with zero attached hydrogens (tertiary/aromatic N) is 2. The molecule has 2 aromatic rings. The molecule has 2 heterocycles. The van der Waals surface area contributed by atoms with Gasteiger partial charge in [-0.1, -0.05) is 6.42 Å². The smallest absolute Gasteiger partial charge is 0.266 e. The van der Waals surface area contributed by atoms with Gasteiger partial charge in [-0.25, -0.2) is 17.2 Å². The lowest BCUT2D eigenvalue weighted by atomic mass is 10.0. The fourth-order valence-electron chi connectivity index (χ4n) is 2.96. The van der Waals surface area contributed by atoms with Crippen LogP contribution in [0.1, 0.15) is 31.0 Å². The highest BCUT2D eigenvalue weighted by molar-refractivity contribution is 7.89. The van der Waals surface area contributed by atoms with Gasteiger partial charge in [-0.3, -0.25) is 14.6 Å². The van der Waals surface area contributed by atoms with E-state index in [4.69, 9.17) is 0 Å². The number of sulfonamides is 1. The predicted octanol–water partition coefficient (Wildman–Crippen LogP) is 1.91. The van der Waals surface area contributed by atoms with E-state index in [0.717, 1.165) is 18.6 Å². The molecule has 1 atom stereocenters. The zero-order valence-electron chi connectivity index (χ0n) is 13.0. The lowest BCUT2D eigenvalue weighted by Crippen LogP contribution is -2.38. The molecular weight excluding hydrogens is 340 g/mol. The van der Waals surface area contributed by atoms with Crippen LogP contribution in [0.2, 0.25) is 0 Å². The number of nitrogens with one attached hydrogen (secondary N) is 1. The van der Waals surface area contributed by atoms with Gasteiger partial charge in [-0.05, 0) is 31.0 Å². The molecule has 24 heavy (non-hydrogen) atoms. The summed E-state index contributed by atoms with van der Waals surface area (Å²) in [4.78, 5) is 11.4. The van der Waals surface area contributed by atoms with Crippen LogP contribution in [0.4, 0.5) is 8.78 Å². The number of hydrogen-bond donors (Lipinski definition) is 1. The van der Waals surface area contributed by atoms with E-state index in [9.17, 15) is 22.0 Å². The Hall–Kier alpha value is -2.00. The number of aryl methyl sites for hydroxylation is 1. The van der Waals surface area contributed by atoms with Crippen molar-refractivity contribution in [3.63, 3.8) is 0 Å². The minimum Gasteiger partial charge on any atom is -0.298 e. The van der Waals surface area contributed by atoms with Crippen molar-refractivity contribution >= 4 is 10.0 Å². The van der Waals surface area contributed by atoms with Crippen LogP contribution < -0.4 is 5.56 Å². The Kier molecular flexibility index (Phi) is 4.31. The molecule has 1 saturated heterocycles. The maximum absolute atomic E-state index is 13.4. The second-order valence-corrected chi connectivity index (χ2v) is 7.70. The number of hydrogen-bond acceptors (Lipinski definition) is 3. The van der Waals surface area contributed by atoms with E-state index in [-0.39, 0.29) is 17.0 Å². The van der Waals surface area contributed by atoms with E-state index in [1.807, 2.05) is 0 Å². The molecule has 0 bridgehead atoms. The Morgan fingerprint density at radius 3 is 2.54 bits per heavy atom. The van der Waals surface area contributed by atoms with Gasteiger partial charge in [0.25, 0.3) is 5.56 Å². The van der Waals surface area contributed by atoms with E-state index < -0.39 is 27.7 Å². The van der Waals surface area contributed by atoms with Gasteiger partial charge in [-0.15, -0.1) is 0 Å². The quantitative estimate of drug-likeness (QED) is 0.912. The van der Waals surface area contributed by atoms with Crippen LogP contribution in [0.15, 0.2) is 34.0 Å². The summed E-state index contributed by atoms with van der Waals surface area (Å²) in [6.45, 7) is 0.253. The molecular formula is C15H17F2N3O3S. The number of aromatic nitrogens is 2. The van der Waals surface area contributed by atoms with Crippen molar-refractivity contribution in [2.75, 3.05) is 6.54 Å². The number of halogens is 2. The van der Waals surface area contributed by atoms with Crippen molar-refractivity contribution in [2.45, 2.75) is 30.2 Å².